The highest BCUT2D eigenvalue weighted by atomic mass is 127. The lowest BCUT2D eigenvalue weighted by atomic mass is 10.3. The molecule has 0 saturated heterocycles. The van der Waals surface area contributed by atoms with Crippen LogP contribution in [-0.2, 0) is 4.84 Å². The Kier molecular flexibility index (Phi) is 6.26. The van der Waals surface area contributed by atoms with E-state index in [1.54, 1.807) is 6.07 Å². The Morgan fingerprint density at radius 1 is 1.36 bits per heavy atom. The van der Waals surface area contributed by atoms with E-state index in [4.69, 9.17) is 14.7 Å². The largest absolute Gasteiger partial charge is 0.436 e. The number of hydrogen-bond acceptors (Lipinski definition) is 6. The molecule has 3 aromatic rings. The second kappa shape index (κ2) is 8.67. The van der Waals surface area contributed by atoms with Crippen LogP contribution in [0.1, 0.15) is 6.92 Å². The molecule has 8 nitrogen and oxygen atoms in total. The number of rotatable bonds is 6. The van der Waals surface area contributed by atoms with Crippen LogP contribution in [0.2, 0.25) is 0 Å². The number of imidazole rings is 1. The van der Waals surface area contributed by atoms with Crippen molar-refractivity contribution in [2.24, 2.45) is 0 Å². The molecule has 0 radical (unpaired) electrons. The first-order valence-electron chi connectivity index (χ1n) is 7.99. The number of carbonyl (C=O) groups excluding carboxylic acids is 1. The van der Waals surface area contributed by atoms with Gasteiger partial charge in [0.25, 0.3) is 0 Å². The van der Waals surface area contributed by atoms with Gasteiger partial charge in [-0.2, -0.15) is 5.48 Å². The Balaban J connectivity index is 1.92. The summed E-state index contributed by atoms with van der Waals surface area (Å²) in [5.74, 6) is -1.38. The minimum Gasteiger partial charge on any atom is -0.405 e. The van der Waals surface area contributed by atoms with Gasteiger partial charge in [-0.05, 0) is 47.7 Å². The molecule has 2 heterocycles. The van der Waals surface area contributed by atoms with Crippen molar-refractivity contribution in [1.29, 1.82) is 0 Å². The van der Waals surface area contributed by atoms with Crippen LogP contribution >= 0.6 is 22.6 Å². The normalized spacial score (nSPS) is 12.0. The molecule has 0 saturated carbocycles. The van der Waals surface area contributed by atoms with Gasteiger partial charge in [0, 0.05) is 9.64 Å². The Labute approximate surface area is 171 Å². The van der Waals surface area contributed by atoms with Gasteiger partial charge in [0.2, 0.25) is 0 Å². The fourth-order valence-corrected chi connectivity index (χ4v) is 2.74. The van der Waals surface area contributed by atoms with Crippen molar-refractivity contribution in [2.75, 3.05) is 11.9 Å². The van der Waals surface area contributed by atoms with Gasteiger partial charge in [-0.1, -0.05) is 0 Å². The highest BCUT2D eigenvalue weighted by molar-refractivity contribution is 14.1. The second-order valence-corrected chi connectivity index (χ2v) is 7.00. The smallest absolute Gasteiger partial charge is 0.405 e. The van der Waals surface area contributed by atoms with E-state index in [0.717, 1.165) is 6.07 Å². The fourth-order valence-electron chi connectivity index (χ4n) is 2.29. The van der Waals surface area contributed by atoms with Crippen LogP contribution in [0, 0.1) is 15.2 Å². The van der Waals surface area contributed by atoms with Crippen LogP contribution in [0.3, 0.4) is 0 Å². The Bertz CT molecular complexity index is 1010. The lowest BCUT2D eigenvalue weighted by Gasteiger charge is -2.16. The molecule has 0 aliphatic heterocycles. The monoisotopic (exact) mass is 504 g/mol. The first-order valence-corrected chi connectivity index (χ1v) is 9.07. The number of benzene rings is 1. The highest BCUT2D eigenvalue weighted by Crippen LogP contribution is 2.32. The minimum atomic E-state index is -1.05. The van der Waals surface area contributed by atoms with Crippen molar-refractivity contribution in [2.45, 2.75) is 13.0 Å². The molecule has 0 fully saturated rings. The van der Waals surface area contributed by atoms with Crippen molar-refractivity contribution in [3.8, 4) is 5.75 Å². The topological polar surface area (TPSA) is 97.1 Å². The van der Waals surface area contributed by atoms with Crippen molar-refractivity contribution < 1.29 is 28.3 Å². The molecule has 1 atom stereocenters. The summed E-state index contributed by atoms with van der Waals surface area (Å²) in [6, 6.07) is 5.46. The van der Waals surface area contributed by atoms with Gasteiger partial charge in [0.1, 0.15) is 24.3 Å². The summed E-state index contributed by atoms with van der Waals surface area (Å²) in [4.78, 5) is 20.5. The number of carbonyl (C=O) groups is 1. The van der Waals surface area contributed by atoms with E-state index >= 15 is 0 Å². The fraction of sp³-hybridized carbons (Fsp3) is 0.176. The average Bonchev–Trinajstić information content (AvgIpc) is 3.10. The molecule has 11 heteroatoms. The van der Waals surface area contributed by atoms with Gasteiger partial charge in [0.15, 0.2) is 17.4 Å². The molecule has 1 amide bonds. The second-order valence-electron chi connectivity index (χ2n) is 5.75. The van der Waals surface area contributed by atoms with Gasteiger partial charge in [-0.25, -0.2) is 18.6 Å². The third kappa shape index (κ3) is 4.66. The van der Waals surface area contributed by atoms with Crippen molar-refractivity contribution in [3.63, 3.8) is 0 Å². The summed E-state index contributed by atoms with van der Waals surface area (Å²) in [5, 5.41) is 11.9. The first-order chi connectivity index (χ1) is 13.3. The lowest BCUT2D eigenvalue weighted by Crippen LogP contribution is -2.30. The summed E-state index contributed by atoms with van der Waals surface area (Å²) in [5.41, 5.74) is 2.16. The van der Waals surface area contributed by atoms with Gasteiger partial charge < -0.3 is 15.2 Å². The molecule has 3 rings (SSSR count). The van der Waals surface area contributed by atoms with Crippen molar-refractivity contribution in [1.82, 2.24) is 14.9 Å². The van der Waals surface area contributed by atoms with Crippen molar-refractivity contribution >= 4 is 45.7 Å². The molecule has 2 aromatic heterocycles. The number of aliphatic hydroxyl groups is 1. The van der Waals surface area contributed by atoms with E-state index in [9.17, 15) is 13.6 Å². The maximum atomic E-state index is 14.3. The number of anilines is 2. The number of pyridine rings is 1. The van der Waals surface area contributed by atoms with Gasteiger partial charge in [0.05, 0.1) is 18.0 Å². The van der Waals surface area contributed by atoms with Crippen LogP contribution in [0.15, 0.2) is 36.8 Å². The van der Waals surface area contributed by atoms with Crippen LogP contribution < -0.4 is 15.5 Å². The number of fused-ring (bicyclic) bond motifs is 1. The molecule has 0 aliphatic rings. The quantitative estimate of drug-likeness (QED) is 0.352. The van der Waals surface area contributed by atoms with E-state index in [2.05, 4.69) is 10.3 Å². The molecular weight excluding hydrogens is 489 g/mol. The summed E-state index contributed by atoms with van der Waals surface area (Å²) < 4.78 is 35.6. The van der Waals surface area contributed by atoms with Crippen LogP contribution in [0.5, 0.6) is 5.75 Å². The number of hydrogen-bond donors (Lipinski definition) is 3. The summed E-state index contributed by atoms with van der Waals surface area (Å²) in [6.45, 7) is 1.30. The number of aliphatic hydroxyl groups excluding tert-OH is 1. The van der Waals surface area contributed by atoms with E-state index in [1.165, 1.54) is 36.0 Å². The van der Waals surface area contributed by atoms with E-state index < -0.39 is 23.8 Å². The number of aromatic nitrogens is 2. The minimum absolute atomic E-state index is 0.0830. The molecular formula is C17H15F2IN4O4. The zero-order valence-corrected chi connectivity index (χ0v) is 16.6. The summed E-state index contributed by atoms with van der Waals surface area (Å²) in [7, 11) is 0. The number of nitrogens with zero attached hydrogens (tertiary/aromatic N) is 2. The van der Waals surface area contributed by atoms with E-state index in [0.29, 0.717) is 3.57 Å². The molecule has 0 spiro atoms. The molecule has 3 N–H and O–H groups in total. The predicted octanol–water partition coefficient (Wildman–Crippen LogP) is 3.36. The SMILES string of the molecule is C[C@H](O)CONC(=O)Oc1cc(F)c2cncn2c1Nc1ccc(I)cc1F. The van der Waals surface area contributed by atoms with E-state index in [-0.39, 0.29) is 29.4 Å². The van der Waals surface area contributed by atoms with Crippen LogP contribution in [-0.4, -0.2) is 33.3 Å². The standard InChI is InChI=1S/C17H15F2IN4O4/c1-9(25)7-27-23-17(26)28-15-5-12(19)14-6-21-8-24(14)16(15)22-13-3-2-10(20)4-11(13)18/h2-6,8-9,22,25H,7H2,1H3,(H,23,26)/t9-/m0/s1. The molecule has 148 valence electrons. The highest BCUT2D eigenvalue weighted by Gasteiger charge is 2.18. The van der Waals surface area contributed by atoms with Gasteiger partial charge in [-0.3, -0.25) is 9.24 Å². The summed E-state index contributed by atoms with van der Waals surface area (Å²) in [6.07, 6.45) is 0.715. The first kappa shape index (κ1) is 20.2. The molecule has 28 heavy (non-hydrogen) atoms. The van der Waals surface area contributed by atoms with Crippen molar-refractivity contribution in [3.05, 3.63) is 52.0 Å². The maximum Gasteiger partial charge on any atom is 0.436 e. The van der Waals surface area contributed by atoms with E-state index in [1.807, 2.05) is 28.1 Å². The Morgan fingerprint density at radius 3 is 2.86 bits per heavy atom. The molecule has 0 bridgehead atoms. The zero-order valence-electron chi connectivity index (χ0n) is 14.4. The molecule has 1 aromatic carbocycles. The number of amides is 1. The zero-order chi connectivity index (χ0) is 20.3. The van der Waals surface area contributed by atoms with Gasteiger partial charge in [-0.15, -0.1) is 0 Å². The number of halogens is 3. The average molecular weight is 504 g/mol. The summed E-state index contributed by atoms with van der Waals surface area (Å²) >= 11 is 1.97. The number of hydroxylamine groups is 1. The third-order valence-electron chi connectivity index (χ3n) is 3.48. The Hall–Kier alpha value is -2.51. The Morgan fingerprint density at radius 2 is 2.14 bits per heavy atom. The number of ether oxygens (including phenoxy) is 1. The maximum absolute atomic E-state index is 14.3. The predicted molar refractivity (Wildman–Crippen MR) is 104 cm³/mol. The van der Waals surface area contributed by atoms with Crippen LogP contribution in [0.4, 0.5) is 25.1 Å². The van der Waals surface area contributed by atoms with Crippen LogP contribution in [0.25, 0.3) is 5.52 Å². The number of nitrogens with one attached hydrogen (secondary N) is 2. The lowest BCUT2D eigenvalue weighted by molar-refractivity contribution is -0.00421. The third-order valence-corrected chi connectivity index (χ3v) is 4.15. The molecule has 0 unspecified atom stereocenters. The molecule has 0 aliphatic carbocycles. The van der Waals surface area contributed by atoms with Gasteiger partial charge >= 0.3 is 6.09 Å².